The van der Waals surface area contributed by atoms with Crippen LogP contribution in [0.2, 0.25) is 0 Å². The molecule has 0 radical (unpaired) electrons. The predicted molar refractivity (Wildman–Crippen MR) is 75.8 cm³/mol. The van der Waals surface area contributed by atoms with Crippen molar-refractivity contribution in [3.05, 3.63) is 53.7 Å². The van der Waals surface area contributed by atoms with Gasteiger partial charge in [-0.1, -0.05) is 12.2 Å². The summed E-state index contributed by atoms with van der Waals surface area (Å²) in [7, 11) is 1.13. The zero-order valence-corrected chi connectivity index (χ0v) is 11.1. The highest BCUT2D eigenvalue weighted by atomic mass is 19.1. The molecule has 1 aromatic rings. The first-order chi connectivity index (χ1) is 9.58. The van der Waals surface area contributed by atoms with Gasteiger partial charge in [-0.25, -0.2) is 9.18 Å². The van der Waals surface area contributed by atoms with Gasteiger partial charge in [0.25, 0.3) is 0 Å². The molecule has 0 atom stereocenters. The van der Waals surface area contributed by atoms with Crippen LogP contribution in [0.4, 0.5) is 15.8 Å². The number of nitroso groups, excluding NO2 is 1. The monoisotopic (exact) mass is 278 g/mol. The second-order valence-corrected chi connectivity index (χ2v) is 3.89. The van der Waals surface area contributed by atoms with Gasteiger partial charge in [-0.3, -0.25) is 0 Å². The van der Waals surface area contributed by atoms with E-state index in [1.165, 1.54) is 0 Å². The van der Waals surface area contributed by atoms with Crippen molar-refractivity contribution in [2.24, 2.45) is 5.18 Å². The molecule has 0 bridgehead atoms. The lowest BCUT2D eigenvalue weighted by Crippen LogP contribution is -2.23. The second-order valence-electron chi connectivity index (χ2n) is 3.89. The lowest BCUT2D eigenvalue weighted by molar-refractivity contribution is 0.0595. The normalized spacial score (nSPS) is 9.70. The molecule has 1 aromatic carbocycles. The van der Waals surface area contributed by atoms with Gasteiger partial charge >= 0.3 is 5.97 Å². The second kappa shape index (κ2) is 7.18. The van der Waals surface area contributed by atoms with Gasteiger partial charge in [0.2, 0.25) is 0 Å². The summed E-state index contributed by atoms with van der Waals surface area (Å²) >= 11 is 0. The number of methoxy groups -OCH3 is 1. The summed E-state index contributed by atoms with van der Waals surface area (Å²) in [4.78, 5) is 23.9. The molecule has 0 N–H and O–H groups in total. The van der Waals surface area contributed by atoms with Gasteiger partial charge in [-0.2, -0.15) is 0 Å². The van der Waals surface area contributed by atoms with Crippen LogP contribution in [0.3, 0.4) is 0 Å². The molecule has 106 valence electrons. The van der Waals surface area contributed by atoms with Gasteiger partial charge in [-0.05, 0) is 11.2 Å². The Kier molecular flexibility index (Phi) is 5.58. The molecule has 0 saturated heterocycles. The van der Waals surface area contributed by atoms with Gasteiger partial charge in [0.15, 0.2) is 0 Å². The number of ether oxygens (including phenoxy) is 1. The number of anilines is 1. The minimum atomic E-state index is -0.863. The van der Waals surface area contributed by atoms with Crippen LogP contribution < -0.4 is 4.90 Å². The Morgan fingerprint density at radius 1 is 1.40 bits per heavy atom. The van der Waals surface area contributed by atoms with Crippen LogP contribution in [0.25, 0.3) is 0 Å². The quantitative estimate of drug-likeness (QED) is 0.436. The molecule has 0 spiro atoms. The standard InChI is InChI=1S/C14H15FN2O3/c1-4-6-17(7-5-2)13-9-11(15)10(14(18)20-3)8-12(13)16-19/h4-5,8-9H,1-2,6-7H2,3H3. The van der Waals surface area contributed by atoms with E-state index < -0.39 is 11.8 Å². The first kappa shape index (κ1) is 15.6. The van der Waals surface area contributed by atoms with Gasteiger partial charge in [0.05, 0.1) is 18.4 Å². The van der Waals surface area contributed by atoms with Crippen LogP contribution in [-0.2, 0) is 4.74 Å². The van der Waals surface area contributed by atoms with E-state index in [0.29, 0.717) is 13.1 Å². The number of carbonyl (C=O) groups excluding carboxylic acids is 1. The van der Waals surface area contributed by atoms with Crippen molar-refractivity contribution in [3.8, 4) is 0 Å². The number of halogens is 1. The Morgan fingerprint density at radius 2 is 2.00 bits per heavy atom. The first-order valence-electron chi connectivity index (χ1n) is 5.81. The summed E-state index contributed by atoms with van der Waals surface area (Å²) in [6.45, 7) is 7.95. The van der Waals surface area contributed by atoms with Crippen molar-refractivity contribution in [2.75, 3.05) is 25.1 Å². The summed E-state index contributed by atoms with van der Waals surface area (Å²) in [6.07, 6.45) is 3.20. The van der Waals surface area contributed by atoms with E-state index in [0.717, 1.165) is 19.2 Å². The maximum atomic E-state index is 13.9. The maximum absolute atomic E-state index is 13.9. The molecule has 20 heavy (non-hydrogen) atoms. The molecule has 0 fully saturated rings. The zero-order chi connectivity index (χ0) is 15.1. The highest BCUT2D eigenvalue weighted by molar-refractivity contribution is 5.92. The van der Waals surface area contributed by atoms with Crippen LogP contribution >= 0.6 is 0 Å². The van der Waals surface area contributed by atoms with Crippen molar-refractivity contribution >= 4 is 17.3 Å². The van der Waals surface area contributed by atoms with E-state index >= 15 is 0 Å². The van der Waals surface area contributed by atoms with E-state index in [4.69, 9.17) is 0 Å². The summed E-state index contributed by atoms with van der Waals surface area (Å²) < 4.78 is 18.4. The van der Waals surface area contributed by atoms with E-state index in [2.05, 4.69) is 23.1 Å². The van der Waals surface area contributed by atoms with Crippen LogP contribution in [0.15, 0.2) is 42.6 Å². The number of hydrogen-bond donors (Lipinski definition) is 0. The largest absolute Gasteiger partial charge is 0.465 e. The van der Waals surface area contributed by atoms with Crippen LogP contribution in [0, 0.1) is 10.7 Å². The molecule has 0 heterocycles. The van der Waals surface area contributed by atoms with Gasteiger partial charge in [-0.15, -0.1) is 18.1 Å². The third-order valence-electron chi connectivity index (χ3n) is 2.61. The third kappa shape index (κ3) is 3.28. The molecule has 0 aliphatic rings. The summed E-state index contributed by atoms with van der Waals surface area (Å²) in [6, 6.07) is 2.15. The third-order valence-corrected chi connectivity index (χ3v) is 2.61. The van der Waals surface area contributed by atoms with E-state index in [1.54, 1.807) is 17.1 Å². The summed E-state index contributed by atoms with van der Waals surface area (Å²) in [5.74, 6) is -1.64. The maximum Gasteiger partial charge on any atom is 0.340 e. The molecule has 0 unspecified atom stereocenters. The van der Waals surface area contributed by atoms with Gasteiger partial charge in [0.1, 0.15) is 11.5 Å². The fraction of sp³-hybridized carbons (Fsp3) is 0.214. The van der Waals surface area contributed by atoms with E-state index in [9.17, 15) is 14.1 Å². The van der Waals surface area contributed by atoms with Crippen LogP contribution in [0.1, 0.15) is 10.4 Å². The first-order valence-corrected chi connectivity index (χ1v) is 5.81. The Morgan fingerprint density at radius 3 is 2.45 bits per heavy atom. The average molecular weight is 278 g/mol. The summed E-state index contributed by atoms with van der Waals surface area (Å²) in [5, 5.41) is 2.84. The zero-order valence-electron chi connectivity index (χ0n) is 11.1. The van der Waals surface area contributed by atoms with Crippen LogP contribution in [0.5, 0.6) is 0 Å². The Hall–Kier alpha value is -2.50. The Labute approximate surface area is 116 Å². The minimum Gasteiger partial charge on any atom is -0.465 e. The topological polar surface area (TPSA) is 59.0 Å². The SMILES string of the molecule is C=CCN(CC=C)c1cc(F)c(C(=O)OC)cc1N=O. The lowest BCUT2D eigenvalue weighted by atomic mass is 10.1. The van der Waals surface area contributed by atoms with Crippen molar-refractivity contribution in [3.63, 3.8) is 0 Å². The molecule has 0 aliphatic heterocycles. The molecular weight excluding hydrogens is 263 g/mol. The van der Waals surface area contributed by atoms with Crippen molar-refractivity contribution in [2.45, 2.75) is 0 Å². The lowest BCUT2D eigenvalue weighted by Gasteiger charge is -2.22. The average Bonchev–Trinajstić information content (AvgIpc) is 2.46. The van der Waals surface area contributed by atoms with Crippen molar-refractivity contribution in [1.29, 1.82) is 0 Å². The summed E-state index contributed by atoms with van der Waals surface area (Å²) in [5.41, 5.74) is -0.108. The molecule has 0 aromatic heterocycles. The number of hydrogen-bond acceptors (Lipinski definition) is 5. The Balaban J connectivity index is 3.35. The number of carbonyl (C=O) groups is 1. The number of rotatable bonds is 7. The van der Waals surface area contributed by atoms with Gasteiger partial charge in [0, 0.05) is 19.2 Å². The van der Waals surface area contributed by atoms with Crippen LogP contribution in [-0.4, -0.2) is 26.2 Å². The molecule has 0 amide bonds. The highest BCUT2D eigenvalue weighted by Gasteiger charge is 2.19. The van der Waals surface area contributed by atoms with E-state index in [-0.39, 0.29) is 16.9 Å². The number of esters is 1. The smallest absolute Gasteiger partial charge is 0.340 e. The number of benzene rings is 1. The fourth-order valence-electron chi connectivity index (χ4n) is 1.73. The van der Waals surface area contributed by atoms with Crippen molar-refractivity contribution in [1.82, 2.24) is 0 Å². The molecule has 5 nitrogen and oxygen atoms in total. The van der Waals surface area contributed by atoms with Crippen molar-refractivity contribution < 1.29 is 13.9 Å². The molecule has 6 heteroatoms. The fourth-order valence-corrected chi connectivity index (χ4v) is 1.73. The van der Waals surface area contributed by atoms with Gasteiger partial charge < -0.3 is 9.64 Å². The molecule has 0 saturated carbocycles. The minimum absolute atomic E-state index is 0.0458. The highest BCUT2D eigenvalue weighted by Crippen LogP contribution is 2.32. The van der Waals surface area contributed by atoms with E-state index in [1.807, 2.05) is 0 Å². The Bertz CT molecular complexity index is 533. The molecular formula is C14H15FN2O3. The molecule has 0 aliphatic carbocycles. The number of nitrogens with zero attached hydrogens (tertiary/aromatic N) is 2. The molecule has 1 rings (SSSR count). The predicted octanol–water partition coefficient (Wildman–Crippen LogP) is 3.19.